The summed E-state index contributed by atoms with van der Waals surface area (Å²) in [6.07, 6.45) is 0. The van der Waals surface area contributed by atoms with Gasteiger partial charge in [-0.05, 0) is 0 Å². The van der Waals surface area contributed by atoms with Crippen LogP contribution in [0.1, 0.15) is 0 Å². The zero-order valence-corrected chi connectivity index (χ0v) is 7.68. The summed E-state index contributed by atoms with van der Waals surface area (Å²) in [5, 5.41) is 0. The predicted molar refractivity (Wildman–Crippen MR) is 21.7 cm³/mol. The van der Waals surface area contributed by atoms with Crippen molar-refractivity contribution >= 4 is 0 Å². The molecule has 9 heteroatoms. The monoisotopic (exact) mass is 273 g/mol. The molecule has 3 radical (unpaired) electrons. The van der Waals surface area contributed by atoms with Gasteiger partial charge in [-0.2, -0.15) is 0 Å². The van der Waals surface area contributed by atoms with Gasteiger partial charge in [0.05, 0.1) is 0 Å². The summed E-state index contributed by atoms with van der Waals surface area (Å²) >= 11 is 0. The van der Waals surface area contributed by atoms with Gasteiger partial charge in [0.15, 0.2) is 0 Å². The van der Waals surface area contributed by atoms with E-state index in [0.29, 0.717) is 0 Å². The second-order valence-corrected chi connectivity index (χ2v) is 0. The molecule has 0 saturated carbocycles. The van der Waals surface area contributed by atoms with E-state index in [1.165, 1.54) is 0 Å². The van der Waals surface area contributed by atoms with Crippen LogP contribution in [0, 0.1) is 0 Å². The van der Waals surface area contributed by atoms with E-state index in [1.54, 1.807) is 0 Å². The molecule has 6 nitrogen and oxygen atoms in total. The maximum absolute atomic E-state index is 0. The first kappa shape index (κ1) is 515. The molecule has 0 rings (SSSR count). The molecule has 0 aromatic heterocycles. The summed E-state index contributed by atoms with van der Waals surface area (Å²) in [7, 11) is 0. The molecule has 0 aromatic rings. The molecule has 0 saturated heterocycles. The molecule has 0 heterocycles. The fourth-order valence-corrected chi connectivity index (χ4v) is 0. The van der Waals surface area contributed by atoms with Crippen molar-refractivity contribution in [1.29, 1.82) is 0 Å². The summed E-state index contributed by atoms with van der Waals surface area (Å²) < 4.78 is 0. The molecule has 0 atom stereocenters. The Kier molecular flexibility index (Phi) is 21200. The Hall–Kier alpha value is 1.32. The third kappa shape index (κ3) is 287. The van der Waals surface area contributed by atoms with Gasteiger partial charge >= 0.3 is 0 Å². The maximum atomic E-state index is 0. The molecule has 69 valence electrons. The van der Waals surface area contributed by atoms with Crippen molar-refractivity contribution in [3.05, 3.63) is 0 Å². The number of rotatable bonds is 0. The molecule has 0 unspecified atom stereocenters. The van der Waals surface area contributed by atoms with Crippen LogP contribution in [0.4, 0.5) is 0 Å². The Morgan fingerprint density at radius 1 is 0.222 bits per heavy atom. The van der Waals surface area contributed by atoms with Gasteiger partial charge in [-0.25, -0.2) is 0 Å². The van der Waals surface area contributed by atoms with Gasteiger partial charge in [0.1, 0.15) is 0 Å². The van der Waals surface area contributed by atoms with Crippen molar-refractivity contribution in [1.82, 2.24) is 0 Å². The van der Waals surface area contributed by atoms with Crippen LogP contribution in [-0.2, 0) is 51.2 Å². The van der Waals surface area contributed by atoms with Crippen molar-refractivity contribution < 1.29 is 84.1 Å². The average Bonchev–Trinajstić information content (AvgIpc) is 0. The molecule has 0 bridgehead atoms. The molecule has 0 spiro atoms. The smallest absolute Gasteiger partial charge is 0 e. The molecule has 0 aliphatic heterocycles. The van der Waals surface area contributed by atoms with Crippen molar-refractivity contribution in [2.45, 2.75) is 0 Å². The molecular weight excluding hydrogens is 261 g/mol. The van der Waals surface area contributed by atoms with Gasteiger partial charge in [-0.3, -0.25) is 0 Å². The van der Waals surface area contributed by atoms with Crippen LogP contribution < -0.4 is 0 Å². The van der Waals surface area contributed by atoms with Crippen LogP contribution >= 0.6 is 0 Å². The summed E-state index contributed by atoms with van der Waals surface area (Å²) in [5.41, 5.74) is 0. The average molecular weight is 273 g/mol. The van der Waals surface area contributed by atoms with Crippen LogP contribution in [0.25, 0.3) is 0 Å². The van der Waals surface area contributed by atoms with Crippen LogP contribution in [0.3, 0.4) is 0 Å². The Labute approximate surface area is 84.0 Å². The first-order valence-electron chi connectivity index (χ1n) is 0. The maximum Gasteiger partial charge on any atom is 0 e. The quantitative estimate of drug-likeness (QED) is 0.382. The molecule has 0 aromatic carbocycles. The topological polar surface area (TPSA) is 189 Å². The van der Waals surface area contributed by atoms with Crippen molar-refractivity contribution in [2.24, 2.45) is 0 Å². The summed E-state index contributed by atoms with van der Waals surface area (Å²) in [6.45, 7) is 0. The fourth-order valence-electron chi connectivity index (χ4n) is 0. The van der Waals surface area contributed by atoms with E-state index in [-0.39, 0.29) is 84.1 Å². The Balaban J connectivity index is 0. The molecule has 0 aliphatic carbocycles. The number of hydrogen-bond acceptors (Lipinski definition) is 0. The zero-order chi connectivity index (χ0) is 0. The summed E-state index contributed by atoms with van der Waals surface area (Å²) in [6, 6.07) is 0. The fraction of sp³-hybridized carbons (Fsp3) is 0. The molecule has 0 fully saturated rings. The van der Waals surface area contributed by atoms with E-state index >= 15 is 0 Å². The second-order valence-electron chi connectivity index (χ2n) is 0. The molecular formula is H12Mn3O6. The van der Waals surface area contributed by atoms with E-state index in [0.717, 1.165) is 0 Å². The van der Waals surface area contributed by atoms with Gasteiger partial charge in [-0.15, -0.1) is 0 Å². The van der Waals surface area contributed by atoms with E-state index in [2.05, 4.69) is 0 Å². The van der Waals surface area contributed by atoms with E-state index in [9.17, 15) is 0 Å². The van der Waals surface area contributed by atoms with E-state index in [1.807, 2.05) is 0 Å². The van der Waals surface area contributed by atoms with Crippen molar-refractivity contribution in [3.63, 3.8) is 0 Å². The normalized spacial score (nSPS) is 0. The zero-order valence-electron chi connectivity index (χ0n) is 4.13. The largest absolute Gasteiger partial charge is 0.412 e. The standard InChI is InChI=1S/3Mn.6H2O/h;;;6*1H2. The predicted octanol–water partition coefficient (Wildman–Crippen LogP) is -4.96. The SMILES string of the molecule is O.O.O.O.O.O.[Mn].[Mn].[Mn]. The van der Waals surface area contributed by atoms with Crippen LogP contribution in [0.15, 0.2) is 0 Å². The number of hydrogen-bond donors (Lipinski definition) is 0. The molecule has 9 heavy (non-hydrogen) atoms. The summed E-state index contributed by atoms with van der Waals surface area (Å²) in [5.74, 6) is 0. The van der Waals surface area contributed by atoms with Crippen molar-refractivity contribution in [3.8, 4) is 0 Å². The molecule has 0 aliphatic rings. The van der Waals surface area contributed by atoms with Gasteiger partial charge < -0.3 is 32.9 Å². The van der Waals surface area contributed by atoms with Crippen LogP contribution in [-0.4, -0.2) is 32.9 Å². The Morgan fingerprint density at radius 2 is 0.222 bits per heavy atom. The van der Waals surface area contributed by atoms with Gasteiger partial charge in [0.2, 0.25) is 0 Å². The Morgan fingerprint density at radius 3 is 0.222 bits per heavy atom. The van der Waals surface area contributed by atoms with Crippen molar-refractivity contribution in [2.75, 3.05) is 0 Å². The van der Waals surface area contributed by atoms with E-state index in [4.69, 9.17) is 0 Å². The third-order valence-corrected chi connectivity index (χ3v) is 0. The van der Waals surface area contributed by atoms with Crippen LogP contribution in [0.2, 0.25) is 0 Å². The summed E-state index contributed by atoms with van der Waals surface area (Å²) in [4.78, 5) is 0. The molecule has 12 N–H and O–H groups in total. The van der Waals surface area contributed by atoms with Gasteiger partial charge in [0, 0.05) is 51.2 Å². The second kappa shape index (κ2) is 371. The Bertz CT molecular complexity index is 8.26. The first-order chi connectivity index (χ1) is 0. The van der Waals surface area contributed by atoms with E-state index < -0.39 is 0 Å². The third-order valence-electron chi connectivity index (χ3n) is 0. The van der Waals surface area contributed by atoms with Gasteiger partial charge in [-0.1, -0.05) is 0 Å². The molecule has 0 amide bonds. The minimum absolute atomic E-state index is 0. The first-order valence-corrected chi connectivity index (χ1v) is 0. The van der Waals surface area contributed by atoms with Crippen LogP contribution in [0.5, 0.6) is 0 Å². The minimum atomic E-state index is 0. The minimum Gasteiger partial charge on any atom is -0.412 e. The van der Waals surface area contributed by atoms with Gasteiger partial charge in [0.25, 0.3) is 0 Å².